The van der Waals surface area contributed by atoms with Crippen LogP contribution in [0.1, 0.15) is 20.3 Å². The number of nitrogens with zero attached hydrogens (tertiary/aromatic N) is 3. The largest absolute Gasteiger partial charge is 0.352 e. The summed E-state index contributed by atoms with van der Waals surface area (Å²) < 4.78 is 13.1. The van der Waals surface area contributed by atoms with E-state index < -0.39 is 0 Å². The van der Waals surface area contributed by atoms with Crippen LogP contribution in [0.15, 0.2) is 54.9 Å². The number of nitrogens with one attached hydrogen (secondary N) is 2. The Labute approximate surface area is 146 Å². The van der Waals surface area contributed by atoms with Gasteiger partial charge >= 0.3 is 0 Å². The zero-order chi connectivity index (χ0) is 17.6. The zero-order valence-corrected chi connectivity index (χ0v) is 14.2. The van der Waals surface area contributed by atoms with Crippen LogP contribution in [0, 0.1) is 5.82 Å². The highest BCUT2D eigenvalue weighted by Gasteiger charge is 2.09. The molecular formula is C19H20FN5. The van der Waals surface area contributed by atoms with Gasteiger partial charge in [0.25, 0.3) is 0 Å². The number of pyridine rings is 1. The van der Waals surface area contributed by atoms with Crippen molar-refractivity contribution in [2.75, 3.05) is 10.6 Å². The first-order valence-electron chi connectivity index (χ1n) is 8.22. The molecule has 0 saturated carbocycles. The molecule has 2 aromatic heterocycles. The van der Waals surface area contributed by atoms with Gasteiger partial charge < -0.3 is 10.6 Å². The van der Waals surface area contributed by atoms with Crippen molar-refractivity contribution in [3.63, 3.8) is 0 Å². The second-order valence-corrected chi connectivity index (χ2v) is 5.78. The van der Waals surface area contributed by atoms with Gasteiger partial charge in [-0.05, 0) is 49.7 Å². The Morgan fingerprint density at radius 2 is 1.76 bits per heavy atom. The lowest BCUT2D eigenvalue weighted by Gasteiger charge is -2.14. The molecule has 1 aromatic carbocycles. The first kappa shape index (κ1) is 16.8. The van der Waals surface area contributed by atoms with Crippen molar-refractivity contribution in [1.82, 2.24) is 15.0 Å². The third-order valence-corrected chi connectivity index (χ3v) is 3.81. The molecule has 2 N–H and O–H groups in total. The summed E-state index contributed by atoms with van der Waals surface area (Å²) in [6, 6.07) is 12.1. The first-order valence-corrected chi connectivity index (χ1v) is 8.22. The molecular weight excluding hydrogens is 317 g/mol. The molecule has 5 nitrogen and oxygen atoms in total. The minimum Gasteiger partial charge on any atom is -0.352 e. The van der Waals surface area contributed by atoms with Gasteiger partial charge in [0, 0.05) is 35.8 Å². The Morgan fingerprint density at radius 1 is 1.04 bits per heavy atom. The van der Waals surface area contributed by atoms with Crippen LogP contribution in [-0.4, -0.2) is 21.0 Å². The Morgan fingerprint density at radius 3 is 2.44 bits per heavy atom. The van der Waals surface area contributed by atoms with Gasteiger partial charge in [0.2, 0.25) is 5.95 Å². The lowest BCUT2D eigenvalue weighted by Crippen LogP contribution is -2.16. The quantitative estimate of drug-likeness (QED) is 0.686. The monoisotopic (exact) mass is 337 g/mol. The molecule has 3 aromatic rings. The van der Waals surface area contributed by atoms with E-state index in [-0.39, 0.29) is 11.9 Å². The molecule has 0 fully saturated rings. The average Bonchev–Trinajstić information content (AvgIpc) is 2.64. The van der Waals surface area contributed by atoms with Gasteiger partial charge in [0.15, 0.2) is 0 Å². The fraction of sp³-hybridized carbons (Fsp3) is 0.211. The molecule has 0 saturated heterocycles. The molecule has 128 valence electrons. The summed E-state index contributed by atoms with van der Waals surface area (Å²) in [5.74, 6) is 0.914. The topological polar surface area (TPSA) is 62.7 Å². The number of anilines is 3. The zero-order valence-electron chi connectivity index (χ0n) is 14.2. The third kappa shape index (κ3) is 4.50. The normalized spacial score (nSPS) is 11.8. The molecule has 0 amide bonds. The number of hydrogen-bond acceptors (Lipinski definition) is 5. The van der Waals surface area contributed by atoms with E-state index in [0.717, 1.165) is 23.4 Å². The summed E-state index contributed by atoms with van der Waals surface area (Å²) in [6.07, 6.45) is 4.42. The minimum absolute atomic E-state index is 0.256. The van der Waals surface area contributed by atoms with E-state index in [4.69, 9.17) is 0 Å². The number of benzene rings is 1. The molecule has 1 atom stereocenters. The fourth-order valence-electron chi connectivity index (χ4n) is 2.25. The van der Waals surface area contributed by atoms with E-state index in [1.165, 1.54) is 12.1 Å². The van der Waals surface area contributed by atoms with Crippen molar-refractivity contribution in [3.8, 4) is 11.3 Å². The Kier molecular flexibility index (Phi) is 5.18. The van der Waals surface area contributed by atoms with Gasteiger partial charge in [-0.15, -0.1) is 0 Å². The highest BCUT2D eigenvalue weighted by molar-refractivity contribution is 5.67. The molecule has 0 aliphatic heterocycles. The predicted molar refractivity (Wildman–Crippen MR) is 98.3 cm³/mol. The fourth-order valence-corrected chi connectivity index (χ4v) is 2.25. The Bertz CT molecular complexity index is 821. The van der Waals surface area contributed by atoms with Gasteiger partial charge in [-0.25, -0.2) is 9.37 Å². The lowest BCUT2D eigenvalue weighted by molar-refractivity contribution is 0.628. The summed E-state index contributed by atoms with van der Waals surface area (Å²) in [7, 11) is 0. The second kappa shape index (κ2) is 7.70. The maximum Gasteiger partial charge on any atom is 0.225 e. The Balaban J connectivity index is 1.95. The van der Waals surface area contributed by atoms with E-state index >= 15 is 0 Å². The van der Waals surface area contributed by atoms with Gasteiger partial charge in [-0.2, -0.15) is 4.98 Å². The molecule has 25 heavy (non-hydrogen) atoms. The molecule has 0 aliphatic carbocycles. The van der Waals surface area contributed by atoms with Gasteiger partial charge in [0.1, 0.15) is 11.6 Å². The molecule has 0 spiro atoms. The van der Waals surface area contributed by atoms with E-state index in [1.54, 1.807) is 24.5 Å². The van der Waals surface area contributed by atoms with Gasteiger partial charge in [-0.1, -0.05) is 6.92 Å². The van der Waals surface area contributed by atoms with Crippen LogP contribution in [0.3, 0.4) is 0 Å². The summed E-state index contributed by atoms with van der Waals surface area (Å²) >= 11 is 0. The number of rotatable bonds is 6. The molecule has 3 rings (SSSR count). The third-order valence-electron chi connectivity index (χ3n) is 3.81. The Hall–Kier alpha value is -3.02. The van der Waals surface area contributed by atoms with E-state index in [2.05, 4.69) is 39.4 Å². The molecule has 0 radical (unpaired) electrons. The minimum atomic E-state index is -0.273. The maximum absolute atomic E-state index is 13.1. The van der Waals surface area contributed by atoms with Crippen LogP contribution in [0.25, 0.3) is 11.3 Å². The predicted octanol–water partition coefficient (Wildman–Crippen LogP) is 4.63. The van der Waals surface area contributed by atoms with Crippen LogP contribution >= 0.6 is 0 Å². The van der Waals surface area contributed by atoms with E-state index in [0.29, 0.717) is 11.8 Å². The number of aromatic nitrogens is 3. The summed E-state index contributed by atoms with van der Waals surface area (Å²) in [5.41, 5.74) is 2.50. The van der Waals surface area contributed by atoms with Crippen molar-refractivity contribution in [2.24, 2.45) is 0 Å². The maximum atomic E-state index is 13.1. The first-order chi connectivity index (χ1) is 12.1. The molecule has 0 unspecified atom stereocenters. The smallest absolute Gasteiger partial charge is 0.225 e. The SMILES string of the molecule is CC[C@@H](C)Nc1nc(Nc2ccc(F)cc2)cc(-c2ccncc2)n1. The van der Waals surface area contributed by atoms with Crippen molar-refractivity contribution in [3.05, 3.63) is 60.7 Å². The average molecular weight is 337 g/mol. The molecule has 6 heteroatoms. The molecule has 0 aliphatic rings. The van der Waals surface area contributed by atoms with E-state index in [1.807, 2.05) is 18.2 Å². The van der Waals surface area contributed by atoms with Crippen molar-refractivity contribution >= 4 is 17.5 Å². The summed E-state index contributed by atoms with van der Waals surface area (Å²) in [5, 5.41) is 6.50. The number of halogens is 1. The second-order valence-electron chi connectivity index (χ2n) is 5.78. The van der Waals surface area contributed by atoms with Crippen LogP contribution < -0.4 is 10.6 Å². The standard InChI is InChI=1S/C19H20FN5/c1-3-13(2)22-19-24-17(14-8-10-21-11-9-14)12-18(25-19)23-16-6-4-15(20)5-7-16/h4-13H,3H2,1-2H3,(H2,22,23,24,25)/t13-/m1/s1. The highest BCUT2D eigenvalue weighted by atomic mass is 19.1. The van der Waals surface area contributed by atoms with Crippen LogP contribution in [0.2, 0.25) is 0 Å². The van der Waals surface area contributed by atoms with Gasteiger partial charge in [-0.3, -0.25) is 4.98 Å². The molecule has 2 heterocycles. The summed E-state index contributed by atoms with van der Waals surface area (Å²) in [4.78, 5) is 13.2. The van der Waals surface area contributed by atoms with Crippen LogP contribution in [0.4, 0.5) is 21.8 Å². The molecule has 0 bridgehead atoms. The highest BCUT2D eigenvalue weighted by Crippen LogP contribution is 2.23. The van der Waals surface area contributed by atoms with Crippen molar-refractivity contribution in [1.29, 1.82) is 0 Å². The van der Waals surface area contributed by atoms with Crippen molar-refractivity contribution < 1.29 is 4.39 Å². The summed E-state index contributed by atoms with van der Waals surface area (Å²) in [6.45, 7) is 4.18. The van der Waals surface area contributed by atoms with Crippen molar-refractivity contribution in [2.45, 2.75) is 26.3 Å². The van der Waals surface area contributed by atoms with E-state index in [9.17, 15) is 4.39 Å². The van der Waals surface area contributed by atoms with Crippen LogP contribution in [-0.2, 0) is 0 Å². The van der Waals surface area contributed by atoms with Gasteiger partial charge in [0.05, 0.1) is 5.69 Å². The number of hydrogen-bond donors (Lipinski definition) is 2. The lowest BCUT2D eigenvalue weighted by atomic mass is 10.2. The van der Waals surface area contributed by atoms with Crippen LogP contribution in [0.5, 0.6) is 0 Å².